The van der Waals surface area contributed by atoms with E-state index in [0.717, 1.165) is 16.9 Å². The Hall–Kier alpha value is -1.22. The summed E-state index contributed by atoms with van der Waals surface area (Å²) in [5.41, 5.74) is 1.92. The van der Waals surface area contributed by atoms with Crippen molar-refractivity contribution in [3.8, 4) is 5.75 Å². The van der Waals surface area contributed by atoms with Gasteiger partial charge >= 0.3 is 5.97 Å². The van der Waals surface area contributed by atoms with Gasteiger partial charge in [-0.15, -0.1) is 0 Å². The molecule has 0 aliphatic carbocycles. The van der Waals surface area contributed by atoms with Crippen LogP contribution in [-0.2, 0) is 16.0 Å². The lowest BCUT2D eigenvalue weighted by molar-refractivity contribution is -0.147. The van der Waals surface area contributed by atoms with Crippen molar-refractivity contribution in [3.63, 3.8) is 0 Å². The summed E-state index contributed by atoms with van der Waals surface area (Å²) in [6.45, 7) is 1.91. The molecule has 1 atom stereocenters. The van der Waals surface area contributed by atoms with Crippen molar-refractivity contribution in [2.75, 3.05) is 7.11 Å². The number of rotatable bonds is 1. The van der Waals surface area contributed by atoms with E-state index >= 15 is 0 Å². The van der Waals surface area contributed by atoms with Crippen LogP contribution in [0.2, 0.25) is 5.02 Å². The van der Waals surface area contributed by atoms with Gasteiger partial charge in [-0.25, -0.2) is 4.79 Å². The predicted octanol–water partition coefficient (Wildman–Crippen LogP) is 2.12. The Morgan fingerprint density at radius 3 is 3.00 bits per heavy atom. The first-order valence-corrected chi connectivity index (χ1v) is 5.03. The summed E-state index contributed by atoms with van der Waals surface area (Å²) < 4.78 is 10.2. The van der Waals surface area contributed by atoms with E-state index in [9.17, 15) is 4.79 Å². The Balaban J connectivity index is 2.31. The largest absolute Gasteiger partial charge is 0.478 e. The third kappa shape index (κ3) is 1.79. The number of carbonyl (C=O) groups excluding carboxylic acids is 1. The molecule has 0 saturated heterocycles. The fraction of sp³-hybridized carbons (Fsp3) is 0.364. The molecule has 0 N–H and O–H groups in total. The first kappa shape index (κ1) is 10.3. The van der Waals surface area contributed by atoms with Gasteiger partial charge in [0.1, 0.15) is 5.75 Å². The maximum atomic E-state index is 11.3. The summed E-state index contributed by atoms with van der Waals surface area (Å²) in [7, 11) is 1.36. The topological polar surface area (TPSA) is 35.5 Å². The number of hydrogen-bond donors (Lipinski definition) is 0. The van der Waals surface area contributed by atoms with E-state index in [1.165, 1.54) is 7.11 Å². The van der Waals surface area contributed by atoms with Crippen LogP contribution in [0.15, 0.2) is 12.1 Å². The van der Waals surface area contributed by atoms with Crippen LogP contribution in [0.1, 0.15) is 11.1 Å². The Labute approximate surface area is 92.9 Å². The van der Waals surface area contributed by atoms with E-state index in [-0.39, 0.29) is 5.97 Å². The van der Waals surface area contributed by atoms with Crippen LogP contribution < -0.4 is 4.74 Å². The number of aryl methyl sites for hydroxylation is 1. The fourth-order valence-electron chi connectivity index (χ4n) is 1.77. The van der Waals surface area contributed by atoms with Crippen molar-refractivity contribution < 1.29 is 14.3 Å². The molecule has 2 rings (SSSR count). The zero-order chi connectivity index (χ0) is 11.0. The lowest BCUT2D eigenvalue weighted by Gasteiger charge is -2.08. The quantitative estimate of drug-likeness (QED) is 0.689. The molecule has 15 heavy (non-hydrogen) atoms. The fourth-order valence-corrected chi connectivity index (χ4v) is 2.06. The van der Waals surface area contributed by atoms with Crippen molar-refractivity contribution in [3.05, 3.63) is 28.3 Å². The van der Waals surface area contributed by atoms with Gasteiger partial charge in [0.15, 0.2) is 6.10 Å². The predicted molar refractivity (Wildman–Crippen MR) is 56.3 cm³/mol. The normalized spacial score (nSPS) is 18.2. The van der Waals surface area contributed by atoms with Crippen LogP contribution in [0.4, 0.5) is 0 Å². The van der Waals surface area contributed by atoms with Crippen molar-refractivity contribution in [2.24, 2.45) is 0 Å². The molecule has 1 aromatic carbocycles. The van der Waals surface area contributed by atoms with Crippen molar-refractivity contribution in [2.45, 2.75) is 19.4 Å². The highest BCUT2D eigenvalue weighted by Gasteiger charge is 2.31. The number of methoxy groups -OCH3 is 1. The minimum atomic E-state index is -0.526. The van der Waals surface area contributed by atoms with Gasteiger partial charge in [0.25, 0.3) is 0 Å². The Bertz CT molecular complexity index is 415. The van der Waals surface area contributed by atoms with Crippen molar-refractivity contribution in [1.29, 1.82) is 0 Å². The van der Waals surface area contributed by atoms with Gasteiger partial charge in [-0.1, -0.05) is 11.6 Å². The molecule has 0 radical (unpaired) electrons. The number of carbonyl (C=O) groups is 1. The first-order valence-electron chi connectivity index (χ1n) is 4.65. The van der Waals surface area contributed by atoms with E-state index < -0.39 is 6.10 Å². The number of ether oxygens (including phenoxy) is 2. The van der Waals surface area contributed by atoms with Gasteiger partial charge in [-0.05, 0) is 24.6 Å². The number of fused-ring (bicyclic) bond motifs is 1. The molecular weight excluding hydrogens is 216 g/mol. The molecule has 0 bridgehead atoms. The third-order valence-electron chi connectivity index (χ3n) is 2.45. The SMILES string of the molecule is COC(=O)C1Cc2cc(Cl)cc(C)c2O1. The number of halogens is 1. The second kappa shape index (κ2) is 3.74. The summed E-state index contributed by atoms with van der Waals surface area (Å²) in [4.78, 5) is 11.3. The standard InChI is InChI=1S/C11H11ClO3/c1-6-3-8(12)4-7-5-9(11(13)14-2)15-10(6)7/h3-4,9H,5H2,1-2H3. The molecule has 1 aliphatic heterocycles. The zero-order valence-corrected chi connectivity index (χ0v) is 9.30. The molecule has 0 saturated carbocycles. The summed E-state index contributed by atoms with van der Waals surface area (Å²) in [5, 5.41) is 0.667. The van der Waals surface area contributed by atoms with Crippen molar-refractivity contribution in [1.82, 2.24) is 0 Å². The van der Waals surface area contributed by atoms with Crippen molar-refractivity contribution >= 4 is 17.6 Å². The minimum absolute atomic E-state index is 0.346. The van der Waals surface area contributed by atoms with E-state index in [1.54, 1.807) is 0 Å². The second-order valence-electron chi connectivity index (χ2n) is 3.54. The Morgan fingerprint density at radius 1 is 1.60 bits per heavy atom. The maximum Gasteiger partial charge on any atom is 0.347 e. The molecule has 1 aliphatic rings. The third-order valence-corrected chi connectivity index (χ3v) is 2.66. The van der Waals surface area contributed by atoms with E-state index in [1.807, 2.05) is 19.1 Å². The molecule has 4 heteroatoms. The van der Waals surface area contributed by atoms with E-state index in [2.05, 4.69) is 4.74 Å². The molecule has 0 aromatic heterocycles. The van der Waals surface area contributed by atoms with Gasteiger partial charge in [0.2, 0.25) is 0 Å². The van der Waals surface area contributed by atoms with Crippen LogP contribution in [0.3, 0.4) is 0 Å². The van der Waals surface area contributed by atoms with Gasteiger partial charge in [0.05, 0.1) is 7.11 Å². The monoisotopic (exact) mass is 226 g/mol. The molecule has 3 nitrogen and oxygen atoms in total. The minimum Gasteiger partial charge on any atom is -0.478 e. The highest BCUT2D eigenvalue weighted by atomic mass is 35.5. The van der Waals surface area contributed by atoms with Gasteiger partial charge < -0.3 is 9.47 Å². The molecule has 0 fully saturated rings. The summed E-state index contributed by atoms with van der Waals surface area (Å²) in [5.74, 6) is 0.413. The Morgan fingerprint density at radius 2 is 2.33 bits per heavy atom. The van der Waals surface area contributed by atoms with Gasteiger partial charge in [-0.3, -0.25) is 0 Å². The highest BCUT2D eigenvalue weighted by molar-refractivity contribution is 6.30. The lowest BCUT2D eigenvalue weighted by atomic mass is 10.1. The second-order valence-corrected chi connectivity index (χ2v) is 3.98. The van der Waals surface area contributed by atoms with Gasteiger partial charge in [-0.2, -0.15) is 0 Å². The average molecular weight is 227 g/mol. The molecule has 0 amide bonds. The summed E-state index contributed by atoms with van der Waals surface area (Å²) in [6, 6.07) is 3.65. The maximum absolute atomic E-state index is 11.3. The van der Waals surface area contributed by atoms with Crippen LogP contribution in [0.5, 0.6) is 5.75 Å². The van der Waals surface area contributed by atoms with Crippen LogP contribution in [-0.4, -0.2) is 19.2 Å². The summed E-state index contributed by atoms with van der Waals surface area (Å²) in [6.07, 6.45) is 0.00539. The van der Waals surface area contributed by atoms with Crippen LogP contribution >= 0.6 is 11.6 Å². The van der Waals surface area contributed by atoms with Crippen LogP contribution in [0.25, 0.3) is 0 Å². The lowest BCUT2D eigenvalue weighted by Crippen LogP contribution is -2.26. The average Bonchev–Trinajstić information content (AvgIpc) is 2.60. The molecule has 1 aromatic rings. The first-order chi connectivity index (χ1) is 7.11. The van der Waals surface area contributed by atoms with Gasteiger partial charge in [0, 0.05) is 17.0 Å². The van der Waals surface area contributed by atoms with E-state index in [4.69, 9.17) is 16.3 Å². The van der Waals surface area contributed by atoms with Crippen LogP contribution in [0, 0.1) is 6.92 Å². The highest BCUT2D eigenvalue weighted by Crippen LogP contribution is 2.34. The Kier molecular flexibility index (Phi) is 2.57. The molecule has 0 spiro atoms. The number of hydrogen-bond acceptors (Lipinski definition) is 3. The number of esters is 1. The number of benzene rings is 1. The smallest absolute Gasteiger partial charge is 0.347 e. The zero-order valence-electron chi connectivity index (χ0n) is 8.54. The molecule has 80 valence electrons. The molecule has 1 heterocycles. The molecular formula is C11H11ClO3. The van der Waals surface area contributed by atoms with E-state index in [0.29, 0.717) is 11.4 Å². The summed E-state index contributed by atoms with van der Waals surface area (Å²) >= 11 is 5.92. The molecule has 1 unspecified atom stereocenters.